The van der Waals surface area contributed by atoms with Gasteiger partial charge < -0.3 is 15.8 Å². The van der Waals surface area contributed by atoms with E-state index in [0.717, 1.165) is 0 Å². The monoisotopic (exact) mass is 263 g/mol. The van der Waals surface area contributed by atoms with Gasteiger partial charge in [0.2, 0.25) is 0 Å². The van der Waals surface area contributed by atoms with Gasteiger partial charge in [-0.25, -0.2) is 4.98 Å². The van der Waals surface area contributed by atoms with E-state index in [1.54, 1.807) is 0 Å². The number of H-pyrrole nitrogens is 1. The van der Waals surface area contributed by atoms with Crippen LogP contribution in [0.1, 0.15) is 5.69 Å². The lowest BCUT2D eigenvalue weighted by Crippen LogP contribution is -2.06. The molecule has 13 heavy (non-hydrogen) atoms. The average Bonchev–Trinajstić information content (AvgIpc) is 1.98. The molecule has 0 fully saturated rings. The van der Waals surface area contributed by atoms with Crippen LogP contribution in [-0.2, 0) is 11.2 Å². The van der Waals surface area contributed by atoms with Crippen LogP contribution in [0.5, 0.6) is 0 Å². The highest BCUT2D eigenvalue weighted by Crippen LogP contribution is 2.20. The van der Waals surface area contributed by atoms with Crippen LogP contribution in [0.15, 0.2) is 4.47 Å². The minimum atomic E-state index is -0.961. The highest BCUT2D eigenvalue weighted by atomic mass is 79.9. The molecule has 0 aliphatic carbocycles. The van der Waals surface area contributed by atoms with Crippen molar-refractivity contribution in [2.24, 2.45) is 0 Å². The van der Waals surface area contributed by atoms with E-state index in [9.17, 15) is 4.79 Å². The van der Waals surface area contributed by atoms with Crippen LogP contribution >= 0.6 is 28.1 Å². The number of aromatic amines is 1. The summed E-state index contributed by atoms with van der Waals surface area (Å²) in [6.45, 7) is 0. The summed E-state index contributed by atoms with van der Waals surface area (Å²) in [5, 5.41) is 8.54. The van der Waals surface area contributed by atoms with Crippen LogP contribution < -0.4 is 5.73 Å². The second-order valence-corrected chi connectivity index (χ2v) is 3.47. The number of carboxylic acid groups (broad SMARTS) is 1. The summed E-state index contributed by atoms with van der Waals surface area (Å²) in [6, 6.07) is 0. The molecule has 0 unspecified atom stereocenters. The molecular weight excluding hydrogens is 258 g/mol. The van der Waals surface area contributed by atoms with Crippen molar-refractivity contribution in [1.82, 2.24) is 9.97 Å². The van der Waals surface area contributed by atoms with E-state index >= 15 is 0 Å². The maximum atomic E-state index is 10.4. The third-order valence-electron chi connectivity index (χ3n) is 1.30. The number of nitrogens with zero attached hydrogens (tertiary/aromatic N) is 1. The van der Waals surface area contributed by atoms with E-state index in [2.05, 4.69) is 25.9 Å². The van der Waals surface area contributed by atoms with Crippen molar-refractivity contribution < 1.29 is 9.90 Å². The predicted molar refractivity (Wildman–Crippen MR) is 52.9 cm³/mol. The van der Waals surface area contributed by atoms with Gasteiger partial charge in [-0.05, 0) is 28.1 Å². The van der Waals surface area contributed by atoms with Crippen molar-refractivity contribution in [2.45, 2.75) is 6.42 Å². The zero-order chi connectivity index (χ0) is 10.0. The third-order valence-corrected chi connectivity index (χ3v) is 2.38. The molecule has 0 amide bonds. The van der Waals surface area contributed by atoms with Gasteiger partial charge in [-0.1, -0.05) is 0 Å². The molecule has 1 aromatic heterocycles. The molecule has 0 spiro atoms. The third kappa shape index (κ3) is 2.49. The number of halogens is 1. The fourth-order valence-corrected chi connectivity index (χ4v) is 1.35. The summed E-state index contributed by atoms with van der Waals surface area (Å²) in [5.74, 6) is -0.767. The second kappa shape index (κ2) is 3.84. The van der Waals surface area contributed by atoms with Gasteiger partial charge in [-0.15, -0.1) is 0 Å². The summed E-state index contributed by atoms with van der Waals surface area (Å²) >= 11 is 7.85. The number of aliphatic carboxylic acids is 1. The molecule has 1 heterocycles. The predicted octanol–water partition coefficient (Wildman–Crippen LogP) is 1.11. The molecule has 1 rings (SSSR count). The molecule has 70 valence electrons. The molecule has 0 aromatic carbocycles. The Morgan fingerprint density at radius 1 is 1.77 bits per heavy atom. The van der Waals surface area contributed by atoms with E-state index in [0.29, 0.717) is 10.2 Å². The number of hydrogen-bond donors (Lipinski definition) is 3. The largest absolute Gasteiger partial charge is 0.481 e. The van der Waals surface area contributed by atoms with Crippen molar-refractivity contribution in [1.29, 1.82) is 0 Å². The fourth-order valence-electron chi connectivity index (χ4n) is 0.798. The summed E-state index contributed by atoms with van der Waals surface area (Å²) in [6.07, 6.45) is -0.170. The number of nitrogens with two attached hydrogens (primary N) is 1. The Morgan fingerprint density at radius 3 is 2.92 bits per heavy atom. The summed E-state index contributed by atoms with van der Waals surface area (Å²) < 4.78 is 0.625. The molecule has 0 saturated carbocycles. The summed E-state index contributed by atoms with van der Waals surface area (Å²) in [4.78, 5) is 16.8. The Labute approximate surface area is 87.1 Å². The molecule has 5 nitrogen and oxygen atoms in total. The van der Waals surface area contributed by atoms with E-state index in [1.807, 2.05) is 0 Å². The number of nitrogens with one attached hydrogen (secondary N) is 1. The smallest absolute Gasteiger partial charge is 0.309 e. The number of hydrogen-bond acceptors (Lipinski definition) is 4. The number of aromatic nitrogens is 2. The van der Waals surface area contributed by atoms with Gasteiger partial charge in [0.15, 0.2) is 4.77 Å². The molecule has 4 N–H and O–H groups in total. The quantitative estimate of drug-likeness (QED) is 0.696. The van der Waals surface area contributed by atoms with Crippen LogP contribution in [0, 0.1) is 4.77 Å². The SMILES string of the molecule is Nc1nc(=S)[nH]c(CC(=O)O)c1Br. The van der Waals surface area contributed by atoms with Crippen LogP contribution in [0.3, 0.4) is 0 Å². The number of rotatable bonds is 2. The zero-order valence-corrected chi connectivity index (χ0v) is 8.78. The van der Waals surface area contributed by atoms with Crippen LogP contribution in [0.25, 0.3) is 0 Å². The lowest BCUT2D eigenvalue weighted by atomic mass is 10.3. The zero-order valence-electron chi connectivity index (χ0n) is 6.37. The highest BCUT2D eigenvalue weighted by molar-refractivity contribution is 9.10. The molecule has 0 radical (unpaired) electrons. The Balaban J connectivity index is 3.20. The van der Waals surface area contributed by atoms with Crippen LogP contribution in [0.4, 0.5) is 5.82 Å². The van der Waals surface area contributed by atoms with Crippen molar-refractivity contribution in [2.75, 3.05) is 5.73 Å². The molecule has 0 atom stereocenters. The van der Waals surface area contributed by atoms with Gasteiger partial charge in [0.25, 0.3) is 0 Å². The fraction of sp³-hybridized carbons (Fsp3) is 0.167. The number of nitrogen functional groups attached to an aromatic ring is 1. The minimum absolute atomic E-state index is 0.170. The maximum absolute atomic E-state index is 10.4. The number of carboxylic acids is 1. The van der Waals surface area contributed by atoms with E-state index in [1.165, 1.54) is 0 Å². The highest BCUT2D eigenvalue weighted by Gasteiger charge is 2.09. The Bertz CT molecular complexity index is 403. The first kappa shape index (κ1) is 10.1. The number of anilines is 1. The standard InChI is InChI=1S/C6H6BrN3O2S/c7-4-2(1-3(11)12)9-6(13)10-5(4)8/h1H2,(H,11,12)(H3,8,9,10,13). The molecular formula is C6H6BrN3O2S. The van der Waals surface area contributed by atoms with Gasteiger partial charge in [-0.2, -0.15) is 0 Å². The van der Waals surface area contributed by atoms with Crippen molar-refractivity contribution in [3.8, 4) is 0 Å². The first-order valence-corrected chi connectivity index (χ1v) is 4.47. The minimum Gasteiger partial charge on any atom is -0.481 e. The second-order valence-electron chi connectivity index (χ2n) is 2.29. The Morgan fingerprint density at radius 2 is 2.38 bits per heavy atom. The van der Waals surface area contributed by atoms with E-state index in [4.69, 9.17) is 23.1 Å². The molecule has 1 aromatic rings. The summed E-state index contributed by atoms with van der Waals surface area (Å²) in [7, 11) is 0. The van der Waals surface area contributed by atoms with Crippen molar-refractivity contribution >= 4 is 39.9 Å². The molecule has 0 bridgehead atoms. The average molecular weight is 264 g/mol. The number of carbonyl (C=O) groups is 1. The van der Waals surface area contributed by atoms with Gasteiger partial charge in [0.1, 0.15) is 5.82 Å². The lowest BCUT2D eigenvalue weighted by Gasteiger charge is -2.03. The van der Waals surface area contributed by atoms with Gasteiger partial charge in [0.05, 0.1) is 10.9 Å². The molecule has 0 aliphatic heterocycles. The maximum Gasteiger partial charge on any atom is 0.309 e. The molecule has 7 heteroatoms. The normalized spacial score (nSPS) is 9.92. The summed E-state index contributed by atoms with van der Waals surface area (Å²) in [5.41, 5.74) is 5.88. The van der Waals surface area contributed by atoms with Gasteiger partial charge >= 0.3 is 5.97 Å². The molecule has 0 saturated heterocycles. The van der Waals surface area contributed by atoms with Crippen LogP contribution in [0.2, 0.25) is 0 Å². The van der Waals surface area contributed by atoms with E-state index < -0.39 is 5.97 Å². The van der Waals surface area contributed by atoms with E-state index in [-0.39, 0.29) is 17.0 Å². The first-order valence-electron chi connectivity index (χ1n) is 3.26. The Hall–Kier alpha value is -0.950. The van der Waals surface area contributed by atoms with Gasteiger partial charge in [0, 0.05) is 5.69 Å². The molecule has 0 aliphatic rings. The Kier molecular flexibility index (Phi) is 2.99. The first-order chi connectivity index (χ1) is 6.00. The van der Waals surface area contributed by atoms with Gasteiger partial charge in [-0.3, -0.25) is 4.79 Å². The lowest BCUT2D eigenvalue weighted by molar-refractivity contribution is -0.136. The van der Waals surface area contributed by atoms with Crippen molar-refractivity contribution in [3.05, 3.63) is 14.9 Å². The topological polar surface area (TPSA) is 92.0 Å². The van der Waals surface area contributed by atoms with Crippen molar-refractivity contribution in [3.63, 3.8) is 0 Å². The van der Waals surface area contributed by atoms with Crippen LogP contribution in [-0.4, -0.2) is 21.0 Å².